The van der Waals surface area contributed by atoms with E-state index >= 15 is 0 Å². The highest BCUT2D eigenvalue weighted by Gasteiger charge is 2.20. The van der Waals surface area contributed by atoms with Crippen molar-refractivity contribution in [2.75, 3.05) is 25.0 Å². The molecule has 0 aliphatic heterocycles. The molecule has 1 aromatic carbocycles. The molecular weight excluding hydrogens is 224 g/mol. The maximum atomic E-state index is 12.2. The van der Waals surface area contributed by atoms with Crippen molar-refractivity contribution >= 4 is 11.6 Å². The summed E-state index contributed by atoms with van der Waals surface area (Å²) in [6.07, 6.45) is 2.68. The predicted octanol–water partition coefficient (Wildman–Crippen LogP) is 2.99. The number of anilines is 1. The van der Waals surface area contributed by atoms with Crippen LogP contribution in [0.25, 0.3) is 0 Å². The Balaban J connectivity index is 2.02. The zero-order valence-corrected chi connectivity index (χ0v) is 11.3. The Morgan fingerprint density at radius 2 is 2.06 bits per heavy atom. The number of amides is 1. The monoisotopic (exact) mass is 246 g/mol. The third-order valence-corrected chi connectivity index (χ3v) is 3.45. The molecule has 0 bridgehead atoms. The van der Waals surface area contributed by atoms with Crippen molar-refractivity contribution in [3.8, 4) is 0 Å². The van der Waals surface area contributed by atoms with Gasteiger partial charge in [0.25, 0.3) is 5.91 Å². The summed E-state index contributed by atoms with van der Waals surface area (Å²) in [4.78, 5) is 14.1. The number of rotatable bonds is 6. The lowest BCUT2D eigenvalue weighted by atomic mass is 10.1. The van der Waals surface area contributed by atoms with Gasteiger partial charge in [0.05, 0.1) is 0 Å². The summed E-state index contributed by atoms with van der Waals surface area (Å²) in [7, 11) is 0. The first-order valence-electron chi connectivity index (χ1n) is 6.87. The average Bonchev–Trinajstić information content (AvgIpc) is 3.22. The fourth-order valence-electron chi connectivity index (χ4n) is 2.04. The van der Waals surface area contributed by atoms with Gasteiger partial charge in [0.15, 0.2) is 0 Å². The summed E-state index contributed by atoms with van der Waals surface area (Å²) < 4.78 is 0. The second-order valence-corrected chi connectivity index (χ2v) is 4.88. The minimum atomic E-state index is 0.120. The molecule has 0 aromatic heterocycles. The summed E-state index contributed by atoms with van der Waals surface area (Å²) in [5.74, 6) is 0.960. The van der Waals surface area contributed by atoms with Crippen LogP contribution in [-0.4, -0.2) is 30.4 Å². The van der Waals surface area contributed by atoms with Crippen LogP contribution < -0.4 is 5.32 Å². The van der Waals surface area contributed by atoms with Gasteiger partial charge in [-0.1, -0.05) is 6.07 Å². The summed E-state index contributed by atoms with van der Waals surface area (Å²) in [6, 6.07) is 7.83. The van der Waals surface area contributed by atoms with Gasteiger partial charge in [-0.2, -0.15) is 0 Å². The molecule has 0 saturated heterocycles. The minimum absolute atomic E-state index is 0.120. The van der Waals surface area contributed by atoms with Gasteiger partial charge in [-0.15, -0.1) is 0 Å². The standard InChI is InChI=1S/C15H22N2O/c1-3-17(4-2)15(18)13-6-5-7-14(10-13)16-11-12-8-9-12/h5-7,10,12,16H,3-4,8-9,11H2,1-2H3. The minimum Gasteiger partial charge on any atom is -0.385 e. The third-order valence-electron chi connectivity index (χ3n) is 3.45. The first-order chi connectivity index (χ1) is 8.74. The summed E-state index contributed by atoms with van der Waals surface area (Å²) in [6.45, 7) is 6.57. The molecule has 18 heavy (non-hydrogen) atoms. The Kier molecular flexibility index (Phi) is 4.24. The molecule has 0 unspecified atom stereocenters. The normalized spacial score (nSPS) is 14.3. The number of hydrogen-bond acceptors (Lipinski definition) is 2. The van der Waals surface area contributed by atoms with Gasteiger partial charge in [0, 0.05) is 30.9 Å². The molecule has 3 nitrogen and oxygen atoms in total. The van der Waals surface area contributed by atoms with Crippen LogP contribution in [0.3, 0.4) is 0 Å². The highest BCUT2D eigenvalue weighted by molar-refractivity contribution is 5.95. The van der Waals surface area contributed by atoms with Crippen molar-refractivity contribution in [3.63, 3.8) is 0 Å². The van der Waals surface area contributed by atoms with E-state index in [2.05, 4.69) is 5.32 Å². The van der Waals surface area contributed by atoms with Crippen LogP contribution in [0, 0.1) is 5.92 Å². The van der Waals surface area contributed by atoms with Crippen LogP contribution in [-0.2, 0) is 0 Å². The third kappa shape index (κ3) is 3.25. The number of carbonyl (C=O) groups excluding carboxylic acids is 1. The molecule has 0 heterocycles. The molecule has 1 aliphatic carbocycles. The topological polar surface area (TPSA) is 32.3 Å². The zero-order valence-electron chi connectivity index (χ0n) is 11.3. The number of hydrogen-bond donors (Lipinski definition) is 1. The Morgan fingerprint density at radius 1 is 1.33 bits per heavy atom. The molecule has 0 radical (unpaired) electrons. The molecule has 1 amide bonds. The summed E-state index contributed by atoms with van der Waals surface area (Å²) in [5.41, 5.74) is 1.83. The van der Waals surface area contributed by atoms with Gasteiger partial charge in [-0.25, -0.2) is 0 Å². The van der Waals surface area contributed by atoms with Gasteiger partial charge in [0.1, 0.15) is 0 Å². The average molecular weight is 246 g/mol. The first kappa shape index (κ1) is 12.9. The number of benzene rings is 1. The Bertz CT molecular complexity index is 409. The number of nitrogens with zero attached hydrogens (tertiary/aromatic N) is 1. The van der Waals surface area contributed by atoms with E-state index in [1.807, 2.05) is 43.0 Å². The lowest BCUT2D eigenvalue weighted by Crippen LogP contribution is -2.30. The van der Waals surface area contributed by atoms with Crippen molar-refractivity contribution in [1.29, 1.82) is 0 Å². The van der Waals surface area contributed by atoms with Gasteiger partial charge in [0.2, 0.25) is 0 Å². The van der Waals surface area contributed by atoms with Crippen molar-refractivity contribution in [2.45, 2.75) is 26.7 Å². The summed E-state index contributed by atoms with van der Waals surface area (Å²) in [5, 5.41) is 3.41. The fraction of sp³-hybridized carbons (Fsp3) is 0.533. The zero-order chi connectivity index (χ0) is 13.0. The van der Waals surface area contributed by atoms with Crippen molar-refractivity contribution < 1.29 is 4.79 Å². The fourth-order valence-corrected chi connectivity index (χ4v) is 2.04. The van der Waals surface area contributed by atoms with Crippen LogP contribution in [0.15, 0.2) is 24.3 Å². The van der Waals surface area contributed by atoms with E-state index in [-0.39, 0.29) is 5.91 Å². The molecule has 0 spiro atoms. The largest absolute Gasteiger partial charge is 0.385 e. The molecule has 1 aliphatic rings. The van der Waals surface area contributed by atoms with E-state index < -0.39 is 0 Å². The number of carbonyl (C=O) groups is 1. The Hall–Kier alpha value is -1.51. The van der Waals surface area contributed by atoms with Crippen molar-refractivity contribution in [1.82, 2.24) is 4.90 Å². The van der Waals surface area contributed by atoms with E-state index in [1.165, 1.54) is 12.8 Å². The molecule has 1 N–H and O–H groups in total. The SMILES string of the molecule is CCN(CC)C(=O)c1cccc(NCC2CC2)c1. The molecule has 1 fully saturated rings. The molecule has 3 heteroatoms. The lowest BCUT2D eigenvalue weighted by molar-refractivity contribution is 0.0773. The van der Waals surface area contributed by atoms with E-state index in [4.69, 9.17) is 0 Å². The lowest BCUT2D eigenvalue weighted by Gasteiger charge is -2.19. The number of nitrogens with one attached hydrogen (secondary N) is 1. The molecule has 1 aromatic rings. The maximum absolute atomic E-state index is 12.2. The maximum Gasteiger partial charge on any atom is 0.253 e. The van der Waals surface area contributed by atoms with Gasteiger partial charge in [-0.05, 0) is 50.8 Å². The molecule has 2 rings (SSSR count). The predicted molar refractivity (Wildman–Crippen MR) is 74.9 cm³/mol. The van der Waals surface area contributed by atoms with Crippen LogP contribution in [0.5, 0.6) is 0 Å². The van der Waals surface area contributed by atoms with E-state index in [0.29, 0.717) is 0 Å². The quantitative estimate of drug-likeness (QED) is 0.837. The van der Waals surface area contributed by atoms with Gasteiger partial charge >= 0.3 is 0 Å². The smallest absolute Gasteiger partial charge is 0.253 e. The molecule has 98 valence electrons. The second kappa shape index (κ2) is 5.89. The molecular formula is C15H22N2O. The van der Waals surface area contributed by atoms with Gasteiger partial charge in [-0.3, -0.25) is 4.79 Å². The van der Waals surface area contributed by atoms with Crippen LogP contribution in [0.2, 0.25) is 0 Å². The van der Waals surface area contributed by atoms with Crippen molar-refractivity contribution in [2.24, 2.45) is 5.92 Å². The second-order valence-electron chi connectivity index (χ2n) is 4.88. The van der Waals surface area contributed by atoms with E-state index in [0.717, 1.165) is 36.8 Å². The highest BCUT2D eigenvalue weighted by atomic mass is 16.2. The van der Waals surface area contributed by atoms with Crippen LogP contribution >= 0.6 is 0 Å². The molecule has 0 atom stereocenters. The van der Waals surface area contributed by atoms with E-state index in [1.54, 1.807) is 0 Å². The van der Waals surface area contributed by atoms with Gasteiger partial charge < -0.3 is 10.2 Å². The van der Waals surface area contributed by atoms with Crippen molar-refractivity contribution in [3.05, 3.63) is 29.8 Å². The van der Waals surface area contributed by atoms with Crippen LogP contribution in [0.1, 0.15) is 37.0 Å². The Labute approximate surface area is 109 Å². The Morgan fingerprint density at radius 3 is 2.67 bits per heavy atom. The molecule has 1 saturated carbocycles. The highest BCUT2D eigenvalue weighted by Crippen LogP contribution is 2.29. The first-order valence-corrected chi connectivity index (χ1v) is 6.87. The van der Waals surface area contributed by atoms with E-state index in [9.17, 15) is 4.79 Å². The van der Waals surface area contributed by atoms with Crippen LogP contribution in [0.4, 0.5) is 5.69 Å². The summed E-state index contributed by atoms with van der Waals surface area (Å²) >= 11 is 0.